The smallest absolute Gasteiger partial charge is 0.288 e. The molecular weight excluding hydrogens is 234 g/mol. The largest absolute Gasteiger partial charge is 0.394 e. The zero-order valence-electron chi connectivity index (χ0n) is 8.67. The van der Waals surface area contributed by atoms with E-state index in [0.717, 1.165) is 11.0 Å². The number of amides is 1. The third-order valence-electron chi connectivity index (χ3n) is 2.51. The summed E-state index contributed by atoms with van der Waals surface area (Å²) in [6.45, 7) is -0.438. The zero-order valence-corrected chi connectivity index (χ0v) is 8.67. The Morgan fingerprint density at radius 3 is 2.71 bits per heavy atom. The fourth-order valence-electron chi connectivity index (χ4n) is 1.61. The predicted octanol–water partition coefficient (Wildman–Crippen LogP) is -3.01. The first kappa shape index (κ1) is 11.9. The van der Waals surface area contributed by atoms with E-state index < -0.39 is 37.1 Å². The van der Waals surface area contributed by atoms with Crippen LogP contribution in [-0.4, -0.2) is 60.9 Å². The second-order valence-corrected chi connectivity index (χ2v) is 3.64. The minimum atomic E-state index is -1.27. The maximum Gasteiger partial charge on any atom is 0.288 e. The summed E-state index contributed by atoms with van der Waals surface area (Å²) in [7, 11) is 0. The van der Waals surface area contributed by atoms with E-state index >= 15 is 0 Å². The van der Waals surface area contributed by atoms with Gasteiger partial charge < -0.3 is 25.8 Å². The van der Waals surface area contributed by atoms with Crippen molar-refractivity contribution in [3.63, 3.8) is 0 Å². The molecule has 2 heterocycles. The number of aromatic nitrogens is 3. The van der Waals surface area contributed by atoms with Gasteiger partial charge in [0.15, 0.2) is 6.23 Å². The normalized spacial score (nSPS) is 32.9. The van der Waals surface area contributed by atoms with Gasteiger partial charge in [-0.1, -0.05) is 0 Å². The Morgan fingerprint density at radius 1 is 1.53 bits per heavy atom. The first-order chi connectivity index (χ1) is 8.04. The molecule has 4 unspecified atom stereocenters. The number of ether oxygens (including phenoxy) is 1. The highest BCUT2D eigenvalue weighted by molar-refractivity contribution is 5.88. The van der Waals surface area contributed by atoms with Crippen LogP contribution in [0.15, 0.2) is 6.33 Å². The maximum atomic E-state index is 10.8. The Hall–Kier alpha value is -1.55. The van der Waals surface area contributed by atoms with Crippen molar-refractivity contribution in [1.82, 2.24) is 14.8 Å². The van der Waals surface area contributed by atoms with Gasteiger partial charge in [0.25, 0.3) is 5.91 Å². The number of primary amides is 1. The summed E-state index contributed by atoms with van der Waals surface area (Å²) >= 11 is 0. The molecule has 1 amide bonds. The standard InChI is InChI=1S/C8H12N4O5/c9-6(16)7-10-2-12(11-7)8-5(15)4(14)3(1-13)17-8/h2-5,8,13-15H,1H2,(H2,9,16)/i6+1,7+1. The highest BCUT2D eigenvalue weighted by atomic mass is 16.6. The Labute approximate surface area is 95.4 Å². The van der Waals surface area contributed by atoms with Gasteiger partial charge in [0.1, 0.15) is 24.6 Å². The maximum absolute atomic E-state index is 10.8. The molecule has 0 aromatic carbocycles. The molecule has 2 rings (SSSR count). The van der Waals surface area contributed by atoms with Crippen LogP contribution in [0.2, 0.25) is 0 Å². The van der Waals surface area contributed by atoms with Crippen LogP contribution in [0.1, 0.15) is 16.8 Å². The van der Waals surface area contributed by atoms with E-state index in [1.807, 2.05) is 0 Å². The van der Waals surface area contributed by atoms with Crippen LogP contribution in [-0.2, 0) is 4.74 Å². The highest BCUT2D eigenvalue weighted by Gasteiger charge is 2.43. The Kier molecular flexibility index (Phi) is 3.07. The van der Waals surface area contributed by atoms with Crippen LogP contribution in [0.5, 0.6) is 0 Å². The van der Waals surface area contributed by atoms with Crippen LogP contribution in [0.4, 0.5) is 0 Å². The second kappa shape index (κ2) is 4.37. The van der Waals surface area contributed by atoms with Gasteiger partial charge in [-0.25, -0.2) is 9.67 Å². The van der Waals surface area contributed by atoms with Crippen molar-refractivity contribution in [2.24, 2.45) is 5.73 Å². The molecule has 1 aromatic rings. The average Bonchev–Trinajstić information content (AvgIpc) is 2.87. The third kappa shape index (κ3) is 2.00. The van der Waals surface area contributed by atoms with Gasteiger partial charge in [-0.05, 0) is 0 Å². The predicted molar refractivity (Wildman–Crippen MR) is 51.5 cm³/mol. The number of rotatable bonds is 3. The molecule has 1 aliphatic rings. The molecule has 5 N–H and O–H groups in total. The number of nitrogens with two attached hydrogens (primary N) is 1. The van der Waals surface area contributed by atoms with Gasteiger partial charge in [-0.15, -0.1) is 5.10 Å². The third-order valence-corrected chi connectivity index (χ3v) is 2.51. The van der Waals surface area contributed by atoms with E-state index in [4.69, 9.17) is 15.6 Å². The molecular formula is C8H12N4O5. The monoisotopic (exact) mass is 246 g/mol. The van der Waals surface area contributed by atoms with Crippen molar-refractivity contribution in [3.8, 4) is 0 Å². The molecule has 1 aromatic heterocycles. The molecule has 0 saturated carbocycles. The summed E-state index contributed by atoms with van der Waals surface area (Å²) in [6.07, 6.45) is -3.26. The van der Waals surface area contributed by atoms with E-state index in [1.165, 1.54) is 0 Å². The summed E-state index contributed by atoms with van der Waals surface area (Å²) in [5.41, 5.74) is 4.97. The second-order valence-electron chi connectivity index (χ2n) is 3.64. The molecule has 0 aliphatic carbocycles. The Balaban J connectivity index is 2.19. The van der Waals surface area contributed by atoms with E-state index in [9.17, 15) is 15.0 Å². The van der Waals surface area contributed by atoms with Gasteiger partial charge in [0.2, 0.25) is 5.82 Å². The Bertz CT molecular complexity index is 422. The molecule has 9 heteroatoms. The summed E-state index contributed by atoms with van der Waals surface area (Å²) in [5, 5.41) is 31.8. The molecule has 1 fully saturated rings. The molecule has 1 aliphatic heterocycles. The molecule has 4 atom stereocenters. The molecule has 0 radical (unpaired) electrons. The molecule has 9 nitrogen and oxygen atoms in total. The van der Waals surface area contributed by atoms with E-state index in [0.29, 0.717) is 0 Å². The quantitative estimate of drug-likeness (QED) is 0.416. The highest BCUT2D eigenvalue weighted by Crippen LogP contribution is 2.28. The number of carbonyl (C=O) groups excluding carboxylic acids is 1. The number of hydrogen-bond donors (Lipinski definition) is 4. The van der Waals surface area contributed by atoms with Crippen LogP contribution >= 0.6 is 0 Å². The summed E-state index contributed by atoms with van der Waals surface area (Å²) in [5.74, 6) is -1.03. The van der Waals surface area contributed by atoms with Gasteiger partial charge in [0.05, 0.1) is 6.61 Å². The van der Waals surface area contributed by atoms with Crippen molar-refractivity contribution in [2.45, 2.75) is 24.5 Å². The average molecular weight is 246 g/mol. The fourth-order valence-corrected chi connectivity index (χ4v) is 1.61. The molecule has 94 valence electrons. The summed E-state index contributed by atoms with van der Waals surface area (Å²) in [4.78, 5) is 14.4. The number of nitrogens with zero attached hydrogens (tertiary/aromatic N) is 3. The summed E-state index contributed by atoms with van der Waals surface area (Å²) < 4.78 is 6.25. The van der Waals surface area contributed by atoms with Gasteiger partial charge in [0, 0.05) is 0 Å². The number of aliphatic hydroxyl groups excluding tert-OH is 3. The van der Waals surface area contributed by atoms with Crippen molar-refractivity contribution in [1.29, 1.82) is 0 Å². The minimum Gasteiger partial charge on any atom is -0.394 e. The van der Waals surface area contributed by atoms with E-state index in [-0.39, 0.29) is 5.82 Å². The van der Waals surface area contributed by atoms with Gasteiger partial charge in [-0.2, -0.15) is 0 Å². The molecule has 1 saturated heterocycles. The lowest BCUT2D eigenvalue weighted by Crippen LogP contribution is -2.33. The number of aliphatic hydroxyl groups is 3. The lowest BCUT2D eigenvalue weighted by Gasteiger charge is -2.13. The minimum absolute atomic E-state index is 0.220. The SMILES string of the molecule is N[13C](=O)[13c]1ncn(C2OC(CO)C(O)C2O)n1. The van der Waals surface area contributed by atoms with Gasteiger partial charge in [-0.3, -0.25) is 4.79 Å². The Morgan fingerprint density at radius 2 is 2.24 bits per heavy atom. The summed E-state index contributed by atoms with van der Waals surface area (Å²) in [6, 6.07) is 0. The lowest BCUT2D eigenvalue weighted by atomic mass is 10.1. The van der Waals surface area contributed by atoms with Crippen molar-refractivity contribution >= 4 is 5.91 Å². The first-order valence-electron chi connectivity index (χ1n) is 4.88. The van der Waals surface area contributed by atoms with E-state index in [2.05, 4.69) is 10.1 Å². The number of hydrogen-bond acceptors (Lipinski definition) is 7. The van der Waals surface area contributed by atoms with Crippen LogP contribution < -0.4 is 5.73 Å². The van der Waals surface area contributed by atoms with Crippen molar-refractivity contribution < 1.29 is 24.9 Å². The van der Waals surface area contributed by atoms with Crippen LogP contribution in [0.25, 0.3) is 0 Å². The van der Waals surface area contributed by atoms with Crippen molar-refractivity contribution in [3.05, 3.63) is 12.2 Å². The first-order valence-corrected chi connectivity index (χ1v) is 4.88. The number of carbonyl (C=O) groups is 1. The van der Waals surface area contributed by atoms with Crippen LogP contribution in [0.3, 0.4) is 0 Å². The fraction of sp³-hybridized carbons (Fsp3) is 0.625. The molecule has 0 bridgehead atoms. The topological polar surface area (TPSA) is 144 Å². The van der Waals surface area contributed by atoms with Crippen LogP contribution in [0, 0.1) is 0 Å². The van der Waals surface area contributed by atoms with Crippen molar-refractivity contribution in [2.75, 3.05) is 6.61 Å². The van der Waals surface area contributed by atoms with Gasteiger partial charge >= 0.3 is 0 Å². The van der Waals surface area contributed by atoms with E-state index in [1.54, 1.807) is 0 Å². The molecule has 17 heavy (non-hydrogen) atoms. The zero-order chi connectivity index (χ0) is 12.6. The molecule has 0 spiro atoms. The lowest BCUT2D eigenvalue weighted by molar-refractivity contribution is -0.0588.